The van der Waals surface area contributed by atoms with Crippen molar-refractivity contribution >= 4 is 11.7 Å². The van der Waals surface area contributed by atoms with Crippen molar-refractivity contribution in [2.24, 2.45) is 5.92 Å². The molecular weight excluding hydrogens is 216 g/mol. The van der Waals surface area contributed by atoms with E-state index in [1.807, 2.05) is 4.90 Å². The summed E-state index contributed by atoms with van der Waals surface area (Å²) in [7, 11) is 0. The highest BCUT2D eigenvalue weighted by Crippen LogP contribution is 2.22. The molecule has 1 amide bonds. The summed E-state index contributed by atoms with van der Waals surface area (Å²) >= 11 is 0. The van der Waals surface area contributed by atoms with Gasteiger partial charge in [0.15, 0.2) is 0 Å². The number of piperidine rings is 1. The molecule has 0 spiro atoms. The van der Waals surface area contributed by atoms with Crippen LogP contribution in [0.15, 0.2) is 12.3 Å². The van der Waals surface area contributed by atoms with Crippen LogP contribution in [-0.4, -0.2) is 33.2 Å². The van der Waals surface area contributed by atoms with Gasteiger partial charge in [-0.25, -0.2) is 0 Å². The minimum Gasteiger partial charge on any atom is -0.382 e. The maximum Gasteiger partial charge on any atom is 0.244 e. The Hall–Kier alpha value is -1.52. The highest BCUT2D eigenvalue weighted by atomic mass is 16.2. The second kappa shape index (κ2) is 4.77. The first-order valence-corrected chi connectivity index (χ1v) is 6.14. The number of carbonyl (C=O) groups is 1. The smallest absolute Gasteiger partial charge is 0.244 e. The second-order valence-electron chi connectivity index (χ2n) is 5.00. The molecule has 1 fully saturated rings. The minimum absolute atomic E-state index is 0.132. The number of nitrogens with two attached hydrogens (primary N) is 1. The van der Waals surface area contributed by atoms with Crippen LogP contribution in [0.3, 0.4) is 0 Å². The van der Waals surface area contributed by atoms with E-state index in [0.717, 1.165) is 25.3 Å². The molecular formula is C12H20N4O. The summed E-state index contributed by atoms with van der Waals surface area (Å²) in [5, 5.41) is 4.03. The number of nitrogen functional groups attached to an aromatic ring is 1. The molecule has 0 radical (unpaired) electrons. The van der Waals surface area contributed by atoms with E-state index in [1.165, 1.54) is 0 Å². The van der Waals surface area contributed by atoms with E-state index >= 15 is 0 Å². The number of hydrogen-bond acceptors (Lipinski definition) is 3. The van der Waals surface area contributed by atoms with Crippen molar-refractivity contribution in [3.63, 3.8) is 0 Å². The third-order valence-electron chi connectivity index (χ3n) is 3.42. The van der Waals surface area contributed by atoms with Crippen LogP contribution in [-0.2, 0) is 11.3 Å². The molecule has 94 valence electrons. The quantitative estimate of drug-likeness (QED) is 0.836. The van der Waals surface area contributed by atoms with E-state index in [1.54, 1.807) is 16.9 Å². The molecule has 2 unspecified atom stereocenters. The SMILES string of the molecule is CC1CCN(C(=O)Cn2ccc(N)n2)C(C)C1. The first-order valence-electron chi connectivity index (χ1n) is 6.14. The number of rotatable bonds is 2. The molecule has 2 heterocycles. The second-order valence-corrected chi connectivity index (χ2v) is 5.00. The van der Waals surface area contributed by atoms with Gasteiger partial charge in [-0.15, -0.1) is 0 Å². The first-order chi connectivity index (χ1) is 8.06. The Kier molecular flexibility index (Phi) is 3.36. The van der Waals surface area contributed by atoms with Crippen LogP contribution >= 0.6 is 0 Å². The minimum atomic E-state index is 0.132. The molecule has 0 bridgehead atoms. The van der Waals surface area contributed by atoms with Gasteiger partial charge in [-0.05, 0) is 31.7 Å². The fourth-order valence-electron chi connectivity index (χ4n) is 2.47. The van der Waals surface area contributed by atoms with Gasteiger partial charge in [-0.1, -0.05) is 6.92 Å². The molecule has 5 heteroatoms. The molecule has 1 aromatic heterocycles. The monoisotopic (exact) mass is 236 g/mol. The van der Waals surface area contributed by atoms with Gasteiger partial charge in [0.25, 0.3) is 0 Å². The Morgan fingerprint density at radius 1 is 1.59 bits per heavy atom. The summed E-state index contributed by atoms with van der Waals surface area (Å²) in [5.74, 6) is 1.31. The summed E-state index contributed by atoms with van der Waals surface area (Å²) in [6.07, 6.45) is 3.93. The number of nitrogens with zero attached hydrogens (tertiary/aromatic N) is 3. The average molecular weight is 236 g/mol. The predicted molar refractivity (Wildman–Crippen MR) is 66.2 cm³/mol. The van der Waals surface area contributed by atoms with Gasteiger partial charge in [-0.2, -0.15) is 5.10 Å². The van der Waals surface area contributed by atoms with Gasteiger partial charge >= 0.3 is 0 Å². The lowest BCUT2D eigenvalue weighted by Crippen LogP contribution is -2.45. The highest BCUT2D eigenvalue weighted by Gasteiger charge is 2.26. The number of hydrogen-bond donors (Lipinski definition) is 1. The van der Waals surface area contributed by atoms with Gasteiger partial charge in [0.2, 0.25) is 5.91 Å². The van der Waals surface area contributed by atoms with Gasteiger partial charge in [0.1, 0.15) is 12.4 Å². The van der Waals surface area contributed by atoms with Crippen LogP contribution in [0.25, 0.3) is 0 Å². The largest absolute Gasteiger partial charge is 0.382 e. The summed E-state index contributed by atoms with van der Waals surface area (Å²) in [6.45, 7) is 5.51. The first kappa shape index (κ1) is 12.0. The van der Waals surface area contributed by atoms with Crippen molar-refractivity contribution in [3.8, 4) is 0 Å². The normalized spacial score (nSPS) is 24.9. The van der Waals surface area contributed by atoms with Crippen LogP contribution in [0.4, 0.5) is 5.82 Å². The van der Waals surface area contributed by atoms with Crippen LogP contribution in [0.5, 0.6) is 0 Å². The van der Waals surface area contributed by atoms with Gasteiger partial charge < -0.3 is 10.6 Å². The Morgan fingerprint density at radius 2 is 2.35 bits per heavy atom. The van der Waals surface area contributed by atoms with Crippen LogP contribution in [0.1, 0.15) is 26.7 Å². The zero-order valence-corrected chi connectivity index (χ0v) is 10.5. The lowest BCUT2D eigenvalue weighted by molar-refractivity contribution is -0.135. The summed E-state index contributed by atoms with van der Waals surface area (Å²) in [6, 6.07) is 2.04. The van der Waals surface area contributed by atoms with E-state index in [4.69, 9.17) is 5.73 Å². The number of amides is 1. The summed E-state index contributed by atoms with van der Waals surface area (Å²) < 4.78 is 1.60. The van der Waals surface area contributed by atoms with Crippen molar-refractivity contribution in [3.05, 3.63) is 12.3 Å². The topological polar surface area (TPSA) is 64.2 Å². The zero-order chi connectivity index (χ0) is 12.4. The Morgan fingerprint density at radius 3 is 2.94 bits per heavy atom. The molecule has 2 atom stereocenters. The van der Waals surface area contributed by atoms with E-state index < -0.39 is 0 Å². The Bertz CT molecular complexity index is 401. The molecule has 2 rings (SSSR count). The number of aromatic nitrogens is 2. The maximum atomic E-state index is 12.1. The third-order valence-corrected chi connectivity index (χ3v) is 3.42. The average Bonchev–Trinajstić information content (AvgIpc) is 2.63. The van der Waals surface area contributed by atoms with Crippen molar-refractivity contribution in [1.29, 1.82) is 0 Å². The highest BCUT2D eigenvalue weighted by molar-refractivity contribution is 5.76. The van der Waals surface area contributed by atoms with Gasteiger partial charge in [0, 0.05) is 18.8 Å². The Labute approximate surface area is 102 Å². The van der Waals surface area contributed by atoms with Crippen LogP contribution in [0, 0.1) is 5.92 Å². The molecule has 2 N–H and O–H groups in total. The molecule has 1 saturated heterocycles. The molecule has 1 aromatic rings. The standard InChI is InChI=1S/C12H20N4O/c1-9-3-6-16(10(2)7-9)12(17)8-15-5-4-11(13)14-15/h4-5,9-10H,3,6-8H2,1-2H3,(H2,13,14). The molecule has 0 aromatic carbocycles. The summed E-state index contributed by atoms with van der Waals surface area (Å²) in [5.41, 5.74) is 5.52. The lowest BCUT2D eigenvalue weighted by Gasteiger charge is -2.36. The van der Waals surface area contributed by atoms with Crippen molar-refractivity contribution in [2.75, 3.05) is 12.3 Å². The number of carbonyl (C=O) groups excluding carboxylic acids is 1. The number of anilines is 1. The zero-order valence-electron chi connectivity index (χ0n) is 10.5. The molecule has 17 heavy (non-hydrogen) atoms. The molecule has 0 saturated carbocycles. The van der Waals surface area contributed by atoms with E-state index in [9.17, 15) is 4.79 Å². The maximum absolute atomic E-state index is 12.1. The molecule has 5 nitrogen and oxygen atoms in total. The lowest BCUT2D eigenvalue weighted by atomic mass is 9.93. The van der Waals surface area contributed by atoms with Crippen molar-refractivity contribution in [1.82, 2.24) is 14.7 Å². The predicted octanol–water partition coefficient (Wildman–Crippen LogP) is 1.11. The molecule has 0 aliphatic carbocycles. The fraction of sp³-hybridized carbons (Fsp3) is 0.667. The van der Waals surface area contributed by atoms with Gasteiger partial charge in [-0.3, -0.25) is 9.48 Å². The number of likely N-dealkylation sites (tertiary alicyclic amines) is 1. The van der Waals surface area contributed by atoms with Crippen molar-refractivity contribution < 1.29 is 4.79 Å². The molecule has 1 aliphatic heterocycles. The van der Waals surface area contributed by atoms with E-state index in [-0.39, 0.29) is 12.5 Å². The molecule has 1 aliphatic rings. The summed E-state index contributed by atoms with van der Waals surface area (Å²) in [4.78, 5) is 14.1. The van der Waals surface area contributed by atoms with E-state index in [0.29, 0.717) is 11.9 Å². The van der Waals surface area contributed by atoms with Gasteiger partial charge in [0.05, 0.1) is 0 Å². The Balaban J connectivity index is 1.96. The fourth-order valence-corrected chi connectivity index (χ4v) is 2.47. The van der Waals surface area contributed by atoms with Crippen molar-refractivity contribution in [2.45, 2.75) is 39.3 Å². The van der Waals surface area contributed by atoms with Crippen LogP contribution < -0.4 is 5.73 Å². The third kappa shape index (κ3) is 2.78. The van der Waals surface area contributed by atoms with E-state index in [2.05, 4.69) is 18.9 Å². The van der Waals surface area contributed by atoms with Crippen LogP contribution in [0.2, 0.25) is 0 Å².